The highest BCUT2D eigenvalue weighted by molar-refractivity contribution is 8.00. The Morgan fingerprint density at radius 2 is 1.10 bits per heavy atom. The molecule has 4 aromatic heterocycles. The molecule has 0 radical (unpaired) electrons. The number of rotatable bonds is 13. The molecule has 314 valence electrons. The Balaban J connectivity index is 0.000000227. The van der Waals surface area contributed by atoms with Crippen molar-refractivity contribution in [1.29, 1.82) is 0 Å². The predicted molar refractivity (Wildman–Crippen MR) is 210 cm³/mol. The van der Waals surface area contributed by atoms with Crippen LogP contribution in [0, 0.1) is 0 Å². The third kappa shape index (κ3) is 11.4. The predicted octanol–water partition coefficient (Wildman–Crippen LogP) is 9.08. The molecule has 0 aliphatic rings. The van der Waals surface area contributed by atoms with Crippen molar-refractivity contribution in [2.24, 2.45) is 5.10 Å². The van der Waals surface area contributed by atoms with Crippen molar-refractivity contribution < 1.29 is 56.8 Å². The van der Waals surface area contributed by atoms with Crippen molar-refractivity contribution in [3.63, 3.8) is 0 Å². The third-order valence-electron chi connectivity index (χ3n) is 8.00. The number of alkyl halides is 6. The van der Waals surface area contributed by atoms with Gasteiger partial charge in [0.05, 0.1) is 27.5 Å². The quantitative estimate of drug-likeness (QED) is 0.0352. The molecule has 13 nitrogen and oxygen atoms in total. The van der Waals surface area contributed by atoms with Gasteiger partial charge >= 0.3 is 11.0 Å². The van der Waals surface area contributed by atoms with Crippen molar-refractivity contribution in [1.82, 2.24) is 24.9 Å². The summed E-state index contributed by atoms with van der Waals surface area (Å²) in [6.45, 7) is 8.20. The zero-order chi connectivity index (χ0) is 43.3. The molecule has 59 heavy (non-hydrogen) atoms. The summed E-state index contributed by atoms with van der Waals surface area (Å²) in [5.74, 6) is -0.668. The van der Waals surface area contributed by atoms with E-state index >= 15 is 0 Å². The van der Waals surface area contributed by atoms with Crippen LogP contribution in [0.2, 0.25) is 0 Å². The summed E-state index contributed by atoms with van der Waals surface area (Å²) in [7, 11) is -7.46. The molecule has 0 spiro atoms. The van der Waals surface area contributed by atoms with Gasteiger partial charge in [0.1, 0.15) is 22.4 Å². The maximum atomic E-state index is 12.7. The second-order valence-corrected chi connectivity index (χ2v) is 18.7. The van der Waals surface area contributed by atoms with Crippen molar-refractivity contribution in [2.75, 3.05) is 24.6 Å². The van der Waals surface area contributed by atoms with Crippen molar-refractivity contribution in [3.05, 3.63) is 72.1 Å². The smallest absolute Gasteiger partial charge is 0.435 e. The second-order valence-electron chi connectivity index (χ2n) is 11.9. The first kappa shape index (κ1) is 45.1. The van der Waals surface area contributed by atoms with Crippen LogP contribution >= 0.6 is 23.5 Å². The number of benzene rings is 2. The average molecular weight is 903 g/mol. The minimum Gasteiger partial charge on any atom is -0.435 e. The molecule has 6 aromatic rings. The van der Waals surface area contributed by atoms with Crippen LogP contribution in [0.3, 0.4) is 0 Å². The van der Waals surface area contributed by atoms with E-state index < -0.39 is 30.7 Å². The largest absolute Gasteiger partial charge is 0.446 e. The molecule has 0 atom stereocenters. The fourth-order valence-corrected chi connectivity index (χ4v) is 8.38. The Kier molecular flexibility index (Phi) is 13.8. The number of carbonyl (C=O) groups excluding carboxylic acids is 1. The maximum Gasteiger partial charge on any atom is 0.446 e. The number of nitrogens with zero attached hydrogens (tertiary/aromatic N) is 6. The minimum atomic E-state index is -4.45. The Morgan fingerprint density at radius 3 is 1.49 bits per heavy atom. The molecule has 6 rings (SSSR count). The van der Waals surface area contributed by atoms with Gasteiger partial charge in [-0.15, -0.1) is 0 Å². The molecule has 23 heteroatoms. The SMILES string of the molecule is CCN(CC)/N=C/c1cnc(-c2nc3cc(SC(F)(F)F)ccc3o2)c(S(=O)(=O)CC)c1.CCS(=O)(=O)c1cc(C=O)cnc1-c1nc2cc(SC(F)(F)F)ccc2o1. The number of carbonyl (C=O) groups is 1. The Bertz CT molecular complexity index is 2730. The summed E-state index contributed by atoms with van der Waals surface area (Å²) in [5.41, 5.74) is -7.77. The van der Waals surface area contributed by atoms with E-state index in [4.69, 9.17) is 8.83 Å². The number of aromatic nitrogens is 4. The number of thioether (sulfide) groups is 2. The van der Waals surface area contributed by atoms with Gasteiger partial charge in [0, 0.05) is 46.4 Å². The molecule has 4 heterocycles. The van der Waals surface area contributed by atoms with Crippen LogP contribution < -0.4 is 0 Å². The van der Waals surface area contributed by atoms with E-state index in [0.29, 0.717) is 24.9 Å². The summed E-state index contributed by atoms with van der Waals surface area (Å²) < 4.78 is 137. The standard InChI is InChI=1S/C20H21F3N4O3S2.C16H11F3N2O4S2/c1-4-27(5-2)25-12-13-9-17(32(28,29)6-3)18(24-11-13)19-26-15-10-14(31-20(21,22)23)7-8-16(15)30-19;1-2-27(23,24)13-5-9(8-22)7-20-14(13)15-21-11-6-10(26-16(17,18)19)3-4-12(11)25-15/h7-12H,4-6H2,1-3H3;3-8H,2H2,1H3/b25-12+;. The molecular weight excluding hydrogens is 871 g/mol. The number of oxazole rings is 2. The fraction of sp³-hybridized carbons (Fsp3) is 0.278. The number of hydrazone groups is 1. The summed E-state index contributed by atoms with van der Waals surface area (Å²) in [6, 6.07) is 10.2. The van der Waals surface area contributed by atoms with Crippen molar-refractivity contribution in [2.45, 2.75) is 58.3 Å². The summed E-state index contributed by atoms with van der Waals surface area (Å²) in [4.78, 5) is 27.0. The zero-order valence-electron chi connectivity index (χ0n) is 31.2. The minimum absolute atomic E-state index is 0.00642. The second kappa shape index (κ2) is 18.1. The van der Waals surface area contributed by atoms with Crippen LogP contribution in [-0.2, 0) is 19.7 Å². The lowest BCUT2D eigenvalue weighted by Crippen LogP contribution is -2.16. The normalized spacial score (nSPS) is 12.6. The highest BCUT2D eigenvalue weighted by Crippen LogP contribution is 2.40. The van der Waals surface area contributed by atoms with Gasteiger partial charge in [0.15, 0.2) is 37.1 Å². The molecular formula is C36H32F6N6O7S4. The summed E-state index contributed by atoms with van der Waals surface area (Å²) in [5, 5.41) is 6.09. The number of fused-ring (bicyclic) bond motifs is 2. The molecule has 0 aliphatic heterocycles. The van der Waals surface area contributed by atoms with E-state index in [1.807, 2.05) is 13.8 Å². The van der Waals surface area contributed by atoms with Crippen LogP contribution in [0.5, 0.6) is 0 Å². The van der Waals surface area contributed by atoms with Crippen LogP contribution in [0.4, 0.5) is 26.3 Å². The summed E-state index contributed by atoms with van der Waals surface area (Å²) >= 11 is -0.562. The highest BCUT2D eigenvalue weighted by Gasteiger charge is 2.31. The lowest BCUT2D eigenvalue weighted by Gasteiger charge is -2.13. The van der Waals surface area contributed by atoms with Crippen molar-refractivity contribution >= 4 is 77.9 Å². The monoisotopic (exact) mass is 902 g/mol. The molecule has 0 saturated heterocycles. The first-order valence-electron chi connectivity index (χ1n) is 17.2. The van der Waals surface area contributed by atoms with Gasteiger partial charge in [0.2, 0.25) is 11.8 Å². The molecule has 0 fully saturated rings. The van der Waals surface area contributed by atoms with Gasteiger partial charge in [-0.2, -0.15) is 31.4 Å². The molecule has 0 bridgehead atoms. The molecule has 0 aliphatic carbocycles. The molecule has 0 saturated carbocycles. The van der Waals surface area contributed by atoms with E-state index in [9.17, 15) is 48.0 Å². The number of halogens is 6. The van der Waals surface area contributed by atoms with Gasteiger partial charge < -0.3 is 8.83 Å². The van der Waals surface area contributed by atoms with E-state index in [2.05, 4.69) is 25.0 Å². The van der Waals surface area contributed by atoms with Gasteiger partial charge in [-0.3, -0.25) is 9.80 Å². The Labute approximate surface area is 341 Å². The summed E-state index contributed by atoms with van der Waals surface area (Å²) in [6.07, 6.45) is 4.58. The van der Waals surface area contributed by atoms with Gasteiger partial charge in [0.25, 0.3) is 0 Å². The number of pyridine rings is 2. The first-order valence-corrected chi connectivity index (χ1v) is 22.2. The Hall–Kier alpha value is -5.00. The van der Waals surface area contributed by atoms with Gasteiger partial charge in [-0.05, 0) is 85.9 Å². The molecule has 2 aromatic carbocycles. The third-order valence-corrected chi connectivity index (χ3v) is 12.9. The van der Waals surface area contributed by atoms with Crippen LogP contribution in [0.15, 0.2) is 94.4 Å². The Morgan fingerprint density at radius 1 is 0.678 bits per heavy atom. The molecule has 0 amide bonds. The van der Waals surface area contributed by atoms with Crippen LogP contribution in [-0.4, -0.2) is 89.9 Å². The lowest BCUT2D eigenvalue weighted by atomic mass is 10.2. The number of hydrogen-bond acceptors (Lipinski definition) is 15. The molecule has 0 unspecified atom stereocenters. The highest BCUT2D eigenvalue weighted by atomic mass is 32.2. The zero-order valence-corrected chi connectivity index (χ0v) is 34.5. The van der Waals surface area contributed by atoms with Gasteiger partial charge in [-0.1, -0.05) is 13.8 Å². The first-order chi connectivity index (χ1) is 27.7. The van der Waals surface area contributed by atoms with E-state index in [1.54, 1.807) is 5.01 Å². The lowest BCUT2D eigenvalue weighted by molar-refractivity contribution is -0.0337. The topological polar surface area (TPSA) is 179 Å². The molecule has 0 N–H and O–H groups in total. The van der Waals surface area contributed by atoms with Crippen LogP contribution in [0.1, 0.15) is 43.6 Å². The number of aldehydes is 1. The average Bonchev–Trinajstić information content (AvgIpc) is 3.81. The van der Waals surface area contributed by atoms with Crippen molar-refractivity contribution in [3.8, 4) is 23.2 Å². The van der Waals surface area contributed by atoms with E-state index in [1.165, 1.54) is 68.7 Å². The van der Waals surface area contributed by atoms with E-state index in [0.717, 1.165) is 12.3 Å². The van der Waals surface area contributed by atoms with Gasteiger partial charge in [-0.25, -0.2) is 36.8 Å². The fourth-order valence-electron chi connectivity index (χ4n) is 5.11. The van der Waals surface area contributed by atoms with E-state index in [-0.39, 0.29) is 106 Å². The maximum absolute atomic E-state index is 12.7. The number of hydrogen-bond donors (Lipinski definition) is 0. The van der Waals surface area contributed by atoms with Crippen LogP contribution in [0.25, 0.3) is 45.4 Å². The number of sulfone groups is 2.